The number of nitrogens with one attached hydrogen (secondary N) is 1. The van der Waals surface area contributed by atoms with Crippen molar-refractivity contribution in [2.24, 2.45) is 0 Å². The summed E-state index contributed by atoms with van der Waals surface area (Å²) in [7, 11) is 0. The molecule has 4 aromatic rings. The summed E-state index contributed by atoms with van der Waals surface area (Å²) < 4.78 is 21.5. The Morgan fingerprint density at radius 2 is 1.73 bits per heavy atom. The lowest BCUT2D eigenvalue weighted by Gasteiger charge is -2.29. The van der Waals surface area contributed by atoms with E-state index in [4.69, 9.17) is 4.52 Å². The molecule has 0 aliphatic carbocycles. The van der Waals surface area contributed by atoms with Crippen molar-refractivity contribution < 1.29 is 9.08 Å². The molecule has 1 N–H and O–H groups in total. The Labute approximate surface area is 179 Å². The number of fused-ring (bicyclic) bond motifs is 1. The second-order valence-electron chi connectivity index (χ2n) is 8.19. The van der Waals surface area contributed by atoms with E-state index in [1.54, 1.807) is 6.20 Å². The molecular weight excluding hydrogens is 394 g/mol. The highest BCUT2D eigenvalue weighted by atomic mass is 32.2. The Morgan fingerprint density at radius 3 is 2.50 bits per heavy atom. The normalized spacial score (nSPS) is 14.0. The van der Waals surface area contributed by atoms with Gasteiger partial charge in [-0.2, -0.15) is 0 Å². The van der Waals surface area contributed by atoms with Crippen LogP contribution in [0.25, 0.3) is 22.2 Å². The summed E-state index contributed by atoms with van der Waals surface area (Å²) >= 11 is -1.25. The van der Waals surface area contributed by atoms with Gasteiger partial charge in [0, 0.05) is 40.6 Å². The predicted octanol–water partition coefficient (Wildman–Crippen LogP) is 5.23. The van der Waals surface area contributed by atoms with Gasteiger partial charge in [0.25, 0.3) is 0 Å². The molecule has 0 bridgehead atoms. The molecule has 2 atom stereocenters. The van der Waals surface area contributed by atoms with Crippen molar-refractivity contribution in [3.05, 3.63) is 84.2 Å². The van der Waals surface area contributed by atoms with Gasteiger partial charge in [-0.25, -0.2) is 0 Å². The molecule has 2 heterocycles. The van der Waals surface area contributed by atoms with Gasteiger partial charge in [-0.3, -0.25) is 4.98 Å². The van der Waals surface area contributed by atoms with Crippen LogP contribution in [0.3, 0.4) is 0 Å². The van der Waals surface area contributed by atoms with Gasteiger partial charge in [-0.05, 0) is 50.6 Å². The van der Waals surface area contributed by atoms with E-state index in [0.717, 1.165) is 33.5 Å². The van der Waals surface area contributed by atoms with Crippen LogP contribution in [0.5, 0.6) is 0 Å². The topological polar surface area (TPSA) is 74.0 Å². The highest BCUT2D eigenvalue weighted by Crippen LogP contribution is 2.34. The second-order valence-corrected chi connectivity index (χ2v) is 10.2. The number of rotatable bonds is 6. The van der Waals surface area contributed by atoms with Gasteiger partial charge in [-0.1, -0.05) is 47.6 Å². The van der Waals surface area contributed by atoms with Crippen LogP contribution in [0.2, 0.25) is 0 Å². The van der Waals surface area contributed by atoms with Gasteiger partial charge in [0.05, 0.1) is 6.04 Å². The van der Waals surface area contributed by atoms with E-state index in [9.17, 15) is 4.55 Å². The van der Waals surface area contributed by atoms with E-state index in [1.165, 1.54) is 0 Å². The van der Waals surface area contributed by atoms with Crippen LogP contribution < -0.4 is 4.72 Å². The third-order valence-corrected chi connectivity index (χ3v) is 6.52. The number of nitrogens with zero attached hydrogens (tertiary/aromatic N) is 2. The van der Waals surface area contributed by atoms with Gasteiger partial charge in [-0.15, -0.1) is 4.72 Å². The Kier molecular flexibility index (Phi) is 5.90. The Balaban J connectivity index is 1.79. The minimum Gasteiger partial charge on any atom is -0.598 e. The Bertz CT molecular complexity index is 1120. The molecule has 4 rings (SSSR count). The van der Waals surface area contributed by atoms with Crippen LogP contribution in [0, 0.1) is 0 Å². The zero-order valence-corrected chi connectivity index (χ0v) is 18.1. The summed E-state index contributed by atoms with van der Waals surface area (Å²) in [4.78, 5) is 4.48. The maximum atomic E-state index is 13.0. The van der Waals surface area contributed by atoms with Crippen molar-refractivity contribution >= 4 is 22.3 Å². The number of pyridine rings is 1. The van der Waals surface area contributed by atoms with Crippen molar-refractivity contribution in [3.63, 3.8) is 0 Å². The van der Waals surface area contributed by atoms with Crippen LogP contribution in [-0.4, -0.2) is 19.4 Å². The molecule has 5 nitrogen and oxygen atoms in total. The Morgan fingerprint density at radius 1 is 1.00 bits per heavy atom. The third kappa shape index (κ3) is 4.41. The average Bonchev–Trinajstić information content (AvgIpc) is 3.17. The Hall–Kier alpha value is -2.67. The molecule has 0 aliphatic rings. The smallest absolute Gasteiger partial charge is 0.167 e. The molecule has 0 amide bonds. The minimum atomic E-state index is -1.25. The number of hydrogen-bond donors (Lipinski definition) is 1. The summed E-state index contributed by atoms with van der Waals surface area (Å²) in [5.41, 5.74) is 4.44. The van der Waals surface area contributed by atoms with Crippen LogP contribution in [0.15, 0.2) is 77.4 Å². The van der Waals surface area contributed by atoms with Crippen LogP contribution >= 0.6 is 0 Å². The fraction of sp³-hybridized carbons (Fsp3) is 0.250. The molecule has 0 radical (unpaired) electrons. The lowest BCUT2D eigenvalue weighted by Crippen LogP contribution is -2.42. The fourth-order valence-corrected chi connectivity index (χ4v) is 4.17. The SMILES string of the molecule is CC(C)(C)[S@+]([O-])N[C@@H](Cc1ccccn1)c1ccccc1-c1noc2ccccc12. The first kappa shape index (κ1) is 20.6. The molecule has 0 spiro atoms. The first-order valence-electron chi connectivity index (χ1n) is 9.95. The number of para-hydroxylation sites is 1. The summed E-state index contributed by atoms with van der Waals surface area (Å²) in [5, 5.41) is 5.31. The third-order valence-electron chi connectivity index (χ3n) is 4.91. The lowest BCUT2D eigenvalue weighted by molar-refractivity contribution is 0.459. The van der Waals surface area contributed by atoms with Gasteiger partial charge < -0.3 is 9.08 Å². The van der Waals surface area contributed by atoms with E-state index in [1.807, 2.05) is 81.4 Å². The maximum absolute atomic E-state index is 13.0. The summed E-state index contributed by atoms with van der Waals surface area (Å²) in [6.45, 7) is 5.89. The van der Waals surface area contributed by atoms with Gasteiger partial charge in [0.2, 0.25) is 0 Å². The molecule has 154 valence electrons. The summed E-state index contributed by atoms with van der Waals surface area (Å²) in [5.74, 6) is 0. The van der Waals surface area contributed by atoms with Gasteiger partial charge in [0.15, 0.2) is 5.58 Å². The van der Waals surface area contributed by atoms with E-state index in [-0.39, 0.29) is 6.04 Å². The van der Waals surface area contributed by atoms with Crippen molar-refractivity contribution in [3.8, 4) is 11.3 Å². The first-order valence-corrected chi connectivity index (χ1v) is 11.1. The van der Waals surface area contributed by atoms with E-state index in [2.05, 4.69) is 20.9 Å². The van der Waals surface area contributed by atoms with Crippen LogP contribution in [-0.2, 0) is 17.8 Å². The molecule has 0 saturated carbocycles. The largest absolute Gasteiger partial charge is 0.598 e. The second kappa shape index (κ2) is 8.60. The fourth-order valence-electron chi connectivity index (χ4n) is 3.35. The molecule has 0 aliphatic heterocycles. The van der Waals surface area contributed by atoms with Crippen molar-refractivity contribution in [2.45, 2.75) is 38.0 Å². The van der Waals surface area contributed by atoms with E-state index in [0.29, 0.717) is 6.42 Å². The molecule has 0 saturated heterocycles. The zero-order valence-electron chi connectivity index (χ0n) is 17.3. The van der Waals surface area contributed by atoms with Gasteiger partial charge >= 0.3 is 0 Å². The standard InChI is InChI=1S/C24H25N3O2S/c1-24(2,3)30(28)27-21(16-17-10-8-9-15-25-17)18-11-4-5-12-19(18)23-20-13-6-7-14-22(20)29-26-23/h4-15,21,27H,16H2,1-3H3/t21-,30-/m0/s1. The summed E-state index contributed by atoms with van der Waals surface area (Å²) in [6, 6.07) is 21.5. The quantitative estimate of drug-likeness (QED) is 0.434. The van der Waals surface area contributed by atoms with Crippen LogP contribution in [0.4, 0.5) is 0 Å². The predicted molar refractivity (Wildman–Crippen MR) is 121 cm³/mol. The zero-order chi connectivity index (χ0) is 21.1. The number of benzene rings is 2. The molecule has 0 fully saturated rings. The van der Waals surface area contributed by atoms with E-state index < -0.39 is 16.1 Å². The van der Waals surface area contributed by atoms with Crippen LogP contribution in [0.1, 0.15) is 38.1 Å². The average molecular weight is 420 g/mol. The van der Waals surface area contributed by atoms with Gasteiger partial charge in [0.1, 0.15) is 10.4 Å². The number of aromatic nitrogens is 2. The highest BCUT2D eigenvalue weighted by Gasteiger charge is 2.31. The molecule has 30 heavy (non-hydrogen) atoms. The molecule has 2 aromatic heterocycles. The number of hydrogen-bond acceptors (Lipinski definition) is 5. The minimum absolute atomic E-state index is 0.202. The van der Waals surface area contributed by atoms with Crippen molar-refractivity contribution in [1.82, 2.24) is 14.9 Å². The lowest BCUT2D eigenvalue weighted by atomic mass is 9.94. The van der Waals surface area contributed by atoms with Crippen molar-refractivity contribution in [1.29, 1.82) is 0 Å². The monoisotopic (exact) mass is 419 g/mol. The molecule has 6 heteroatoms. The summed E-state index contributed by atoms with van der Waals surface area (Å²) in [6.07, 6.45) is 2.39. The maximum Gasteiger partial charge on any atom is 0.167 e. The highest BCUT2D eigenvalue weighted by molar-refractivity contribution is 7.90. The first-order chi connectivity index (χ1) is 14.4. The van der Waals surface area contributed by atoms with Crippen molar-refractivity contribution in [2.75, 3.05) is 0 Å². The molecular formula is C24H25N3O2S. The molecule has 0 unspecified atom stereocenters. The molecule has 2 aromatic carbocycles. The van der Waals surface area contributed by atoms with E-state index >= 15 is 0 Å².